The first-order valence-electron chi connectivity index (χ1n) is 5.44. The molecule has 0 aromatic heterocycles. The van der Waals surface area contributed by atoms with Gasteiger partial charge in [0.2, 0.25) is 0 Å². The molecule has 0 spiro atoms. The number of allylic oxidation sites excluding steroid dienone is 4. The summed E-state index contributed by atoms with van der Waals surface area (Å²) in [4.78, 5) is 11.9. The Balaban J connectivity index is 2.51. The number of hydrogen-bond donors (Lipinski definition) is 0. The summed E-state index contributed by atoms with van der Waals surface area (Å²) < 4.78 is 0. The highest BCUT2D eigenvalue weighted by atomic mass is 16.1. The van der Waals surface area contributed by atoms with E-state index in [0.717, 1.165) is 16.4 Å². The fourth-order valence-corrected chi connectivity index (χ4v) is 2.35. The van der Waals surface area contributed by atoms with Gasteiger partial charge in [-0.1, -0.05) is 24.3 Å². The van der Waals surface area contributed by atoms with Crippen LogP contribution in [0.5, 0.6) is 0 Å². The molecule has 3 rings (SSSR count). The molecule has 1 nitrogen and oxygen atoms in total. The molecule has 0 bridgehead atoms. The van der Waals surface area contributed by atoms with E-state index in [2.05, 4.69) is 32.1 Å². The van der Waals surface area contributed by atoms with Gasteiger partial charge < -0.3 is 0 Å². The Morgan fingerprint density at radius 3 is 2.75 bits per heavy atom. The van der Waals surface area contributed by atoms with Crippen molar-refractivity contribution in [3.05, 3.63) is 57.5 Å². The molecule has 1 heteroatoms. The number of rotatable bonds is 0. The average Bonchev–Trinajstić information content (AvgIpc) is 2.64. The van der Waals surface area contributed by atoms with Crippen LogP contribution in [0.2, 0.25) is 0 Å². The van der Waals surface area contributed by atoms with Crippen molar-refractivity contribution in [3.8, 4) is 0 Å². The van der Waals surface area contributed by atoms with Gasteiger partial charge in [-0.15, -0.1) is 0 Å². The van der Waals surface area contributed by atoms with E-state index in [1.165, 1.54) is 16.3 Å². The van der Waals surface area contributed by atoms with Crippen LogP contribution >= 0.6 is 0 Å². The topological polar surface area (TPSA) is 17.1 Å². The van der Waals surface area contributed by atoms with Gasteiger partial charge in [-0.2, -0.15) is 0 Å². The molecule has 2 aliphatic rings. The van der Waals surface area contributed by atoms with Crippen LogP contribution in [0.1, 0.15) is 11.1 Å². The number of hydrogen-bond acceptors (Lipinski definition) is 1. The molecule has 1 aromatic rings. The lowest BCUT2D eigenvalue weighted by molar-refractivity contribution is -0.109. The number of benzene rings is 1. The lowest BCUT2D eigenvalue weighted by Crippen LogP contribution is -2.28. The van der Waals surface area contributed by atoms with Gasteiger partial charge in [0.1, 0.15) is 0 Å². The third-order valence-corrected chi connectivity index (χ3v) is 3.41. The van der Waals surface area contributed by atoms with Crippen LogP contribution in [0.15, 0.2) is 35.9 Å². The Hall–Kier alpha value is -1.89. The number of fused-ring (bicyclic) bond motifs is 2. The zero-order chi connectivity index (χ0) is 11.3. The van der Waals surface area contributed by atoms with E-state index in [0.29, 0.717) is 0 Å². The molecule has 0 fully saturated rings. The molecule has 78 valence electrons. The lowest BCUT2D eigenvalue weighted by atomic mass is 9.98. The first-order valence-corrected chi connectivity index (χ1v) is 5.44. The Labute approximate surface area is 94.1 Å². The summed E-state index contributed by atoms with van der Waals surface area (Å²) >= 11 is 0. The van der Waals surface area contributed by atoms with Gasteiger partial charge in [-0.05, 0) is 53.1 Å². The van der Waals surface area contributed by atoms with Crippen molar-refractivity contribution in [1.82, 2.24) is 0 Å². The fourth-order valence-electron chi connectivity index (χ4n) is 2.35. The number of carbonyl (C=O) groups excluding carboxylic acids is 1. The largest absolute Gasteiger partial charge is 0.289 e. The first kappa shape index (κ1) is 9.34. The zero-order valence-corrected chi connectivity index (χ0v) is 9.37. The Bertz CT molecular complexity index is 685. The minimum Gasteiger partial charge on any atom is -0.289 e. The predicted octanol–water partition coefficient (Wildman–Crippen LogP) is 1.31. The van der Waals surface area contributed by atoms with Crippen molar-refractivity contribution >= 4 is 17.4 Å². The van der Waals surface area contributed by atoms with Crippen LogP contribution in [-0.2, 0) is 4.79 Å². The summed E-state index contributed by atoms with van der Waals surface area (Å²) in [6.07, 6.45) is 7.59. The van der Waals surface area contributed by atoms with Crippen molar-refractivity contribution in [3.63, 3.8) is 0 Å². The molecule has 2 aliphatic carbocycles. The van der Waals surface area contributed by atoms with Crippen molar-refractivity contribution < 1.29 is 4.79 Å². The van der Waals surface area contributed by atoms with Crippen LogP contribution in [0, 0.1) is 13.8 Å². The van der Waals surface area contributed by atoms with Gasteiger partial charge in [-0.3, -0.25) is 4.79 Å². The Kier molecular flexibility index (Phi) is 1.78. The average molecular weight is 208 g/mol. The van der Waals surface area contributed by atoms with E-state index >= 15 is 0 Å². The minimum atomic E-state index is 0.121. The summed E-state index contributed by atoms with van der Waals surface area (Å²) in [5.41, 5.74) is 4.46. The van der Waals surface area contributed by atoms with Crippen LogP contribution in [0.4, 0.5) is 0 Å². The number of aryl methyl sites for hydroxylation is 1. The summed E-state index contributed by atoms with van der Waals surface area (Å²) in [5, 5.41) is 2.29. The molecular weight excluding hydrogens is 196 g/mol. The van der Waals surface area contributed by atoms with Crippen molar-refractivity contribution in [2.45, 2.75) is 13.8 Å². The van der Waals surface area contributed by atoms with Crippen molar-refractivity contribution in [2.24, 2.45) is 0 Å². The second kappa shape index (κ2) is 3.05. The normalized spacial score (nSPS) is 16.8. The van der Waals surface area contributed by atoms with E-state index in [9.17, 15) is 4.79 Å². The summed E-state index contributed by atoms with van der Waals surface area (Å²) in [6, 6.07) is 4.14. The van der Waals surface area contributed by atoms with E-state index in [4.69, 9.17) is 0 Å². The first-order chi connectivity index (χ1) is 7.68. The summed E-state index contributed by atoms with van der Waals surface area (Å²) in [6.45, 7) is 4.21. The van der Waals surface area contributed by atoms with Gasteiger partial charge in [0.15, 0.2) is 5.78 Å². The summed E-state index contributed by atoms with van der Waals surface area (Å²) in [5.74, 6) is 0.121. The fraction of sp³-hybridized carbons (Fsp3) is 0.133. The van der Waals surface area contributed by atoms with Crippen LogP contribution < -0.4 is 10.4 Å². The quantitative estimate of drug-likeness (QED) is 0.628. The number of ketones is 1. The molecule has 0 N–H and O–H groups in total. The predicted molar refractivity (Wildman–Crippen MR) is 65.3 cm³/mol. The van der Waals surface area contributed by atoms with Gasteiger partial charge in [-0.25, -0.2) is 0 Å². The van der Waals surface area contributed by atoms with Gasteiger partial charge in [0, 0.05) is 5.57 Å². The van der Waals surface area contributed by atoms with E-state index in [1.807, 2.05) is 12.2 Å². The molecule has 0 unspecified atom stereocenters. The molecule has 0 amide bonds. The Morgan fingerprint density at radius 2 is 1.94 bits per heavy atom. The van der Waals surface area contributed by atoms with Crippen LogP contribution in [0.3, 0.4) is 0 Å². The smallest absolute Gasteiger partial charge is 0.187 e. The lowest BCUT2D eigenvalue weighted by Gasteiger charge is -2.04. The third-order valence-electron chi connectivity index (χ3n) is 3.41. The SMILES string of the molecule is Cc1ccc2c(c1C)=CC1=CC=CC(=O)C=21. The molecule has 0 atom stereocenters. The molecule has 16 heavy (non-hydrogen) atoms. The highest BCUT2D eigenvalue weighted by molar-refractivity contribution is 6.29. The Morgan fingerprint density at radius 1 is 1.12 bits per heavy atom. The molecule has 1 aromatic carbocycles. The maximum Gasteiger partial charge on any atom is 0.187 e. The second-order valence-electron chi connectivity index (χ2n) is 4.33. The number of carbonyl (C=O) groups is 1. The molecule has 0 heterocycles. The second-order valence-corrected chi connectivity index (χ2v) is 4.33. The van der Waals surface area contributed by atoms with Gasteiger partial charge in [0.25, 0.3) is 0 Å². The monoisotopic (exact) mass is 208 g/mol. The van der Waals surface area contributed by atoms with Gasteiger partial charge >= 0.3 is 0 Å². The van der Waals surface area contributed by atoms with E-state index < -0.39 is 0 Å². The molecule has 0 saturated heterocycles. The van der Waals surface area contributed by atoms with Crippen molar-refractivity contribution in [1.29, 1.82) is 0 Å². The van der Waals surface area contributed by atoms with Crippen LogP contribution in [-0.4, -0.2) is 5.78 Å². The third kappa shape index (κ3) is 1.09. The van der Waals surface area contributed by atoms with Crippen molar-refractivity contribution in [2.75, 3.05) is 0 Å². The molecule has 0 radical (unpaired) electrons. The highest BCUT2D eigenvalue weighted by Gasteiger charge is 2.19. The minimum absolute atomic E-state index is 0.121. The molecule has 0 saturated carbocycles. The maximum absolute atomic E-state index is 11.9. The maximum atomic E-state index is 11.9. The standard InChI is InChI=1S/C15H12O/c1-9-6-7-12-13(10(9)2)8-11-4-3-5-14(16)15(11)12/h3-8H,1-2H3. The zero-order valence-electron chi connectivity index (χ0n) is 9.37. The van der Waals surface area contributed by atoms with Crippen LogP contribution in [0.25, 0.3) is 11.6 Å². The van der Waals surface area contributed by atoms with E-state index in [-0.39, 0.29) is 5.78 Å². The highest BCUT2D eigenvalue weighted by Crippen LogP contribution is 2.20. The molecule has 0 aliphatic heterocycles. The molecular formula is C15H12O. The van der Waals surface area contributed by atoms with E-state index in [1.54, 1.807) is 6.08 Å². The van der Waals surface area contributed by atoms with Gasteiger partial charge in [0.05, 0.1) is 0 Å². The summed E-state index contributed by atoms with van der Waals surface area (Å²) in [7, 11) is 0.